The van der Waals surface area contributed by atoms with E-state index in [1.54, 1.807) is 18.2 Å². The standard InChI is InChI=1S/C11H13FN2O/c1-8(7-15)6-14-11-4-2-3-10(12)9(11)5-13/h2-4,8,14-15H,6-7H2,1H3. The lowest BCUT2D eigenvalue weighted by Crippen LogP contribution is -2.15. The number of rotatable bonds is 4. The van der Waals surface area contributed by atoms with Crippen molar-refractivity contribution in [1.29, 1.82) is 5.26 Å². The highest BCUT2D eigenvalue weighted by Gasteiger charge is 2.08. The van der Waals surface area contributed by atoms with Crippen molar-refractivity contribution in [1.82, 2.24) is 0 Å². The van der Waals surface area contributed by atoms with Gasteiger partial charge in [-0.3, -0.25) is 0 Å². The van der Waals surface area contributed by atoms with Crippen LogP contribution in [0.15, 0.2) is 18.2 Å². The van der Waals surface area contributed by atoms with Crippen LogP contribution in [-0.2, 0) is 0 Å². The fourth-order valence-electron chi connectivity index (χ4n) is 1.13. The zero-order valence-corrected chi connectivity index (χ0v) is 8.50. The number of benzene rings is 1. The third-order valence-corrected chi connectivity index (χ3v) is 2.08. The van der Waals surface area contributed by atoms with E-state index in [2.05, 4.69) is 5.32 Å². The molecule has 0 aromatic heterocycles. The first kappa shape index (κ1) is 11.5. The maximum atomic E-state index is 13.1. The minimum Gasteiger partial charge on any atom is -0.396 e. The molecule has 0 radical (unpaired) electrons. The third-order valence-electron chi connectivity index (χ3n) is 2.08. The topological polar surface area (TPSA) is 56.0 Å². The van der Waals surface area contributed by atoms with Crippen molar-refractivity contribution in [2.75, 3.05) is 18.5 Å². The van der Waals surface area contributed by atoms with E-state index >= 15 is 0 Å². The fourth-order valence-corrected chi connectivity index (χ4v) is 1.13. The average Bonchev–Trinajstić information content (AvgIpc) is 2.25. The second-order valence-corrected chi connectivity index (χ2v) is 3.44. The summed E-state index contributed by atoms with van der Waals surface area (Å²) in [7, 11) is 0. The van der Waals surface area contributed by atoms with Gasteiger partial charge in [0.1, 0.15) is 17.4 Å². The molecule has 1 atom stereocenters. The summed E-state index contributed by atoms with van der Waals surface area (Å²) in [5, 5.41) is 20.5. The van der Waals surface area contributed by atoms with E-state index in [0.717, 1.165) is 0 Å². The predicted octanol–water partition coefficient (Wildman–Crippen LogP) is 1.74. The van der Waals surface area contributed by atoms with Gasteiger partial charge in [0.2, 0.25) is 0 Å². The van der Waals surface area contributed by atoms with Crippen LogP contribution in [-0.4, -0.2) is 18.3 Å². The van der Waals surface area contributed by atoms with E-state index in [4.69, 9.17) is 10.4 Å². The van der Waals surface area contributed by atoms with Gasteiger partial charge in [-0.1, -0.05) is 13.0 Å². The average molecular weight is 208 g/mol. The van der Waals surface area contributed by atoms with Crippen molar-refractivity contribution in [3.05, 3.63) is 29.6 Å². The Morgan fingerprint density at radius 1 is 1.60 bits per heavy atom. The summed E-state index contributed by atoms with van der Waals surface area (Å²) in [6, 6.07) is 6.24. The van der Waals surface area contributed by atoms with E-state index in [9.17, 15) is 4.39 Å². The van der Waals surface area contributed by atoms with Gasteiger partial charge < -0.3 is 10.4 Å². The van der Waals surface area contributed by atoms with Crippen LogP contribution in [0.3, 0.4) is 0 Å². The van der Waals surface area contributed by atoms with Gasteiger partial charge in [-0.05, 0) is 18.1 Å². The first-order valence-electron chi connectivity index (χ1n) is 4.72. The van der Waals surface area contributed by atoms with Gasteiger partial charge >= 0.3 is 0 Å². The first-order chi connectivity index (χ1) is 7.19. The molecule has 1 aromatic carbocycles. The molecule has 1 aromatic rings. The van der Waals surface area contributed by atoms with E-state index in [1.165, 1.54) is 6.07 Å². The molecular formula is C11H13FN2O. The van der Waals surface area contributed by atoms with Gasteiger partial charge in [0, 0.05) is 13.2 Å². The van der Waals surface area contributed by atoms with Crippen molar-refractivity contribution in [2.24, 2.45) is 5.92 Å². The van der Waals surface area contributed by atoms with Gasteiger partial charge in [-0.25, -0.2) is 4.39 Å². The zero-order chi connectivity index (χ0) is 11.3. The quantitative estimate of drug-likeness (QED) is 0.792. The Morgan fingerprint density at radius 3 is 2.93 bits per heavy atom. The molecule has 0 saturated heterocycles. The maximum Gasteiger partial charge on any atom is 0.143 e. The lowest BCUT2D eigenvalue weighted by molar-refractivity contribution is 0.244. The van der Waals surface area contributed by atoms with Crippen molar-refractivity contribution in [3.8, 4) is 6.07 Å². The molecule has 0 amide bonds. The highest BCUT2D eigenvalue weighted by atomic mass is 19.1. The minimum atomic E-state index is -0.529. The Morgan fingerprint density at radius 2 is 2.33 bits per heavy atom. The van der Waals surface area contributed by atoms with Gasteiger partial charge in [0.15, 0.2) is 0 Å². The molecule has 3 nitrogen and oxygen atoms in total. The number of anilines is 1. The summed E-state index contributed by atoms with van der Waals surface area (Å²) in [6.07, 6.45) is 0. The van der Waals surface area contributed by atoms with Gasteiger partial charge in [0.25, 0.3) is 0 Å². The molecule has 15 heavy (non-hydrogen) atoms. The highest BCUT2D eigenvalue weighted by Crippen LogP contribution is 2.17. The normalized spacial score (nSPS) is 11.9. The summed E-state index contributed by atoms with van der Waals surface area (Å²) in [4.78, 5) is 0. The smallest absolute Gasteiger partial charge is 0.143 e. The molecule has 0 fully saturated rings. The van der Waals surface area contributed by atoms with Crippen LogP contribution in [0.4, 0.5) is 10.1 Å². The molecular weight excluding hydrogens is 195 g/mol. The Hall–Kier alpha value is -1.60. The lowest BCUT2D eigenvalue weighted by Gasteiger charge is -2.12. The molecule has 0 saturated carbocycles. The van der Waals surface area contributed by atoms with Crippen LogP contribution in [0.2, 0.25) is 0 Å². The molecule has 0 aliphatic heterocycles. The summed E-state index contributed by atoms with van der Waals surface area (Å²) in [5.74, 6) is -0.459. The summed E-state index contributed by atoms with van der Waals surface area (Å²) in [5.41, 5.74) is 0.487. The molecule has 80 valence electrons. The maximum absolute atomic E-state index is 13.1. The zero-order valence-electron chi connectivity index (χ0n) is 8.50. The fraction of sp³-hybridized carbons (Fsp3) is 0.364. The van der Waals surface area contributed by atoms with E-state index in [1.807, 2.05) is 6.92 Å². The second kappa shape index (κ2) is 5.32. The van der Waals surface area contributed by atoms with Crippen LogP contribution in [0.1, 0.15) is 12.5 Å². The molecule has 0 bridgehead atoms. The molecule has 0 aliphatic rings. The van der Waals surface area contributed by atoms with Crippen LogP contribution in [0.5, 0.6) is 0 Å². The Bertz CT molecular complexity index is 373. The van der Waals surface area contributed by atoms with Crippen molar-refractivity contribution < 1.29 is 9.50 Å². The van der Waals surface area contributed by atoms with Gasteiger partial charge in [0.05, 0.1) is 5.69 Å². The Balaban J connectivity index is 2.77. The van der Waals surface area contributed by atoms with Crippen molar-refractivity contribution in [2.45, 2.75) is 6.92 Å². The summed E-state index contributed by atoms with van der Waals surface area (Å²) in [6.45, 7) is 2.43. The Labute approximate surface area is 88.2 Å². The highest BCUT2D eigenvalue weighted by molar-refractivity contribution is 5.57. The monoisotopic (exact) mass is 208 g/mol. The van der Waals surface area contributed by atoms with Crippen molar-refractivity contribution in [3.63, 3.8) is 0 Å². The van der Waals surface area contributed by atoms with Crippen molar-refractivity contribution >= 4 is 5.69 Å². The second-order valence-electron chi connectivity index (χ2n) is 3.44. The number of nitrogens with one attached hydrogen (secondary N) is 1. The third kappa shape index (κ3) is 2.93. The SMILES string of the molecule is CC(CO)CNc1cccc(F)c1C#N. The predicted molar refractivity (Wildman–Crippen MR) is 55.9 cm³/mol. The molecule has 0 aliphatic carbocycles. The van der Waals surface area contributed by atoms with Gasteiger partial charge in [-0.2, -0.15) is 5.26 Å². The number of nitriles is 1. The molecule has 0 spiro atoms. The van der Waals surface area contributed by atoms with Crippen LogP contribution in [0.25, 0.3) is 0 Å². The number of halogens is 1. The lowest BCUT2D eigenvalue weighted by atomic mass is 10.1. The van der Waals surface area contributed by atoms with Crippen LogP contribution < -0.4 is 5.32 Å². The van der Waals surface area contributed by atoms with E-state index in [0.29, 0.717) is 12.2 Å². The number of aliphatic hydroxyl groups is 1. The minimum absolute atomic E-state index is 0.0163. The van der Waals surface area contributed by atoms with Crippen LogP contribution in [0, 0.1) is 23.1 Å². The molecule has 0 heterocycles. The van der Waals surface area contributed by atoms with E-state index < -0.39 is 5.82 Å². The number of nitrogens with zero attached hydrogens (tertiary/aromatic N) is 1. The number of hydrogen-bond donors (Lipinski definition) is 2. The van der Waals surface area contributed by atoms with E-state index in [-0.39, 0.29) is 18.1 Å². The molecule has 1 unspecified atom stereocenters. The number of aliphatic hydroxyl groups excluding tert-OH is 1. The summed E-state index contributed by atoms with van der Waals surface area (Å²) < 4.78 is 13.1. The van der Waals surface area contributed by atoms with Gasteiger partial charge in [-0.15, -0.1) is 0 Å². The first-order valence-corrected chi connectivity index (χ1v) is 4.72. The molecule has 2 N–H and O–H groups in total. The van der Waals surface area contributed by atoms with Crippen LogP contribution >= 0.6 is 0 Å². The summed E-state index contributed by atoms with van der Waals surface area (Å²) >= 11 is 0. The molecule has 1 rings (SSSR count). The number of hydrogen-bond acceptors (Lipinski definition) is 3. The largest absolute Gasteiger partial charge is 0.396 e. The molecule has 4 heteroatoms. The Kier molecular flexibility index (Phi) is 4.07.